The minimum Gasteiger partial charge on any atom is -0.316 e. The molecule has 2 heteroatoms. The van der Waals surface area contributed by atoms with E-state index in [1.165, 1.54) is 57.4 Å². The third kappa shape index (κ3) is 3.20. The fourth-order valence-electron chi connectivity index (χ4n) is 4.25. The van der Waals surface area contributed by atoms with E-state index in [0.717, 1.165) is 11.8 Å². The molecule has 0 aromatic heterocycles. The van der Waals surface area contributed by atoms with Crippen molar-refractivity contribution in [2.75, 3.05) is 25.1 Å². The van der Waals surface area contributed by atoms with Crippen LogP contribution in [0, 0.1) is 17.3 Å². The summed E-state index contributed by atoms with van der Waals surface area (Å²) in [6.45, 7) is 4.78. The first kappa shape index (κ1) is 13.7. The van der Waals surface area contributed by atoms with Gasteiger partial charge >= 0.3 is 0 Å². The summed E-state index contributed by atoms with van der Waals surface area (Å²) in [6.07, 6.45) is 12.6. The van der Waals surface area contributed by atoms with Crippen molar-refractivity contribution in [3.8, 4) is 0 Å². The normalized spacial score (nSPS) is 35.6. The molecule has 0 radical (unpaired) electrons. The van der Waals surface area contributed by atoms with Crippen molar-refractivity contribution in [2.24, 2.45) is 17.3 Å². The predicted octanol–water partition coefficient (Wildman–Crippen LogP) is 3.94. The Kier molecular flexibility index (Phi) is 5.23. The Hall–Kier alpha value is 0.310. The molecule has 2 saturated carbocycles. The van der Waals surface area contributed by atoms with Crippen LogP contribution < -0.4 is 5.32 Å². The monoisotopic (exact) mass is 255 g/mol. The Balaban J connectivity index is 1.87. The summed E-state index contributed by atoms with van der Waals surface area (Å²) in [5.41, 5.74) is 0.688. The maximum atomic E-state index is 3.72. The van der Waals surface area contributed by atoms with Gasteiger partial charge in [0.25, 0.3) is 0 Å². The maximum absolute atomic E-state index is 3.72. The summed E-state index contributed by atoms with van der Waals surface area (Å²) in [5.74, 6) is 3.49. The third-order valence-electron chi connectivity index (χ3n) is 5.03. The maximum Gasteiger partial charge on any atom is 0.00106 e. The van der Waals surface area contributed by atoms with Gasteiger partial charge in [-0.25, -0.2) is 0 Å². The highest BCUT2D eigenvalue weighted by atomic mass is 32.2. The number of thioether (sulfide) groups is 1. The van der Waals surface area contributed by atoms with Crippen molar-refractivity contribution < 1.29 is 0 Å². The van der Waals surface area contributed by atoms with Gasteiger partial charge in [-0.15, -0.1) is 0 Å². The van der Waals surface area contributed by atoms with Crippen LogP contribution in [-0.2, 0) is 0 Å². The molecule has 0 saturated heterocycles. The molecule has 1 N–H and O–H groups in total. The van der Waals surface area contributed by atoms with Crippen molar-refractivity contribution in [3.05, 3.63) is 0 Å². The first-order valence-electron chi connectivity index (χ1n) is 7.50. The van der Waals surface area contributed by atoms with Gasteiger partial charge in [0.15, 0.2) is 0 Å². The average molecular weight is 255 g/mol. The molecule has 2 bridgehead atoms. The topological polar surface area (TPSA) is 12.0 Å². The first-order valence-corrected chi connectivity index (χ1v) is 8.90. The second-order valence-corrected chi connectivity index (χ2v) is 7.20. The van der Waals surface area contributed by atoms with Crippen molar-refractivity contribution in [1.29, 1.82) is 0 Å². The molecule has 0 aromatic carbocycles. The van der Waals surface area contributed by atoms with Crippen LogP contribution in [0.1, 0.15) is 51.9 Å². The van der Waals surface area contributed by atoms with Crippen molar-refractivity contribution in [3.63, 3.8) is 0 Å². The molecule has 100 valence electrons. The predicted molar refractivity (Wildman–Crippen MR) is 78.7 cm³/mol. The van der Waals surface area contributed by atoms with Crippen LogP contribution in [0.25, 0.3) is 0 Å². The minimum absolute atomic E-state index is 0.688. The summed E-state index contributed by atoms with van der Waals surface area (Å²) in [4.78, 5) is 0. The number of hydrogen-bond acceptors (Lipinski definition) is 2. The van der Waals surface area contributed by atoms with Gasteiger partial charge in [-0.1, -0.05) is 13.3 Å². The first-order chi connectivity index (χ1) is 8.30. The van der Waals surface area contributed by atoms with E-state index in [2.05, 4.69) is 18.5 Å². The number of hydrogen-bond donors (Lipinski definition) is 1. The van der Waals surface area contributed by atoms with Crippen LogP contribution in [0.15, 0.2) is 0 Å². The Morgan fingerprint density at radius 1 is 1.35 bits per heavy atom. The Labute approximate surface area is 112 Å². The molecule has 3 unspecified atom stereocenters. The highest BCUT2D eigenvalue weighted by Gasteiger charge is 2.49. The Bertz CT molecular complexity index is 219. The van der Waals surface area contributed by atoms with Gasteiger partial charge in [0.05, 0.1) is 0 Å². The molecule has 0 amide bonds. The zero-order valence-electron chi connectivity index (χ0n) is 11.6. The van der Waals surface area contributed by atoms with E-state index >= 15 is 0 Å². The summed E-state index contributed by atoms with van der Waals surface area (Å²) in [6, 6.07) is 0. The van der Waals surface area contributed by atoms with Crippen LogP contribution in [0.3, 0.4) is 0 Å². The van der Waals surface area contributed by atoms with E-state index < -0.39 is 0 Å². The molecule has 2 fully saturated rings. The molecule has 1 nitrogen and oxygen atoms in total. The number of rotatable bonds is 8. The average Bonchev–Trinajstić information content (AvgIpc) is 2.90. The quantitative estimate of drug-likeness (QED) is 0.659. The van der Waals surface area contributed by atoms with E-state index in [-0.39, 0.29) is 0 Å². The van der Waals surface area contributed by atoms with E-state index in [9.17, 15) is 0 Å². The second-order valence-electron chi connectivity index (χ2n) is 6.22. The fraction of sp³-hybridized carbons (Fsp3) is 1.00. The van der Waals surface area contributed by atoms with Gasteiger partial charge in [0.2, 0.25) is 0 Å². The van der Waals surface area contributed by atoms with Crippen molar-refractivity contribution in [1.82, 2.24) is 5.32 Å². The molecule has 17 heavy (non-hydrogen) atoms. The zero-order valence-corrected chi connectivity index (χ0v) is 12.5. The molecular formula is C15H29NS. The van der Waals surface area contributed by atoms with Gasteiger partial charge in [-0.3, -0.25) is 0 Å². The zero-order chi connectivity index (χ0) is 12.1. The molecule has 2 rings (SSSR count). The lowest BCUT2D eigenvalue weighted by Crippen LogP contribution is -2.39. The van der Waals surface area contributed by atoms with Gasteiger partial charge in [0, 0.05) is 6.54 Å². The number of fused-ring (bicyclic) bond motifs is 2. The van der Waals surface area contributed by atoms with E-state index in [1.807, 2.05) is 11.8 Å². The molecule has 2 aliphatic rings. The summed E-state index contributed by atoms with van der Waals surface area (Å²) >= 11 is 2.01. The van der Waals surface area contributed by atoms with Gasteiger partial charge in [-0.05, 0) is 74.3 Å². The molecular weight excluding hydrogens is 226 g/mol. The molecule has 2 aliphatic carbocycles. The van der Waals surface area contributed by atoms with Gasteiger partial charge in [-0.2, -0.15) is 11.8 Å². The lowest BCUT2D eigenvalue weighted by atomic mass is 9.70. The number of nitrogens with one attached hydrogen (secondary N) is 1. The minimum atomic E-state index is 0.688. The highest BCUT2D eigenvalue weighted by molar-refractivity contribution is 7.98. The van der Waals surface area contributed by atoms with Crippen LogP contribution in [0.5, 0.6) is 0 Å². The van der Waals surface area contributed by atoms with Crippen LogP contribution >= 0.6 is 11.8 Å². The third-order valence-corrected chi connectivity index (χ3v) is 5.73. The Morgan fingerprint density at radius 2 is 2.24 bits per heavy atom. The van der Waals surface area contributed by atoms with Gasteiger partial charge < -0.3 is 5.32 Å². The lowest BCUT2D eigenvalue weighted by molar-refractivity contribution is 0.142. The highest BCUT2D eigenvalue weighted by Crippen LogP contribution is 2.57. The van der Waals surface area contributed by atoms with E-state index in [4.69, 9.17) is 0 Å². The van der Waals surface area contributed by atoms with E-state index in [0.29, 0.717) is 5.41 Å². The van der Waals surface area contributed by atoms with Crippen LogP contribution in [0.4, 0.5) is 0 Å². The second kappa shape index (κ2) is 6.47. The summed E-state index contributed by atoms with van der Waals surface area (Å²) in [5, 5.41) is 3.72. The van der Waals surface area contributed by atoms with Crippen LogP contribution in [0.2, 0.25) is 0 Å². The fourth-order valence-corrected chi connectivity index (χ4v) is 4.68. The molecule has 0 aromatic rings. The molecule has 0 heterocycles. The lowest BCUT2D eigenvalue weighted by Gasteiger charge is -2.38. The van der Waals surface area contributed by atoms with Gasteiger partial charge in [0.1, 0.15) is 0 Å². The Morgan fingerprint density at radius 3 is 2.82 bits per heavy atom. The van der Waals surface area contributed by atoms with Crippen molar-refractivity contribution >= 4 is 11.8 Å². The molecule has 0 spiro atoms. The smallest absolute Gasteiger partial charge is 0.00106 e. The van der Waals surface area contributed by atoms with E-state index in [1.54, 1.807) is 6.42 Å². The van der Waals surface area contributed by atoms with Crippen molar-refractivity contribution in [2.45, 2.75) is 51.9 Å². The largest absolute Gasteiger partial charge is 0.316 e. The standard InChI is InChI=1S/C15H29NS/c1-3-8-16-12-15(7-4-9-17-2)11-13-5-6-14(15)10-13/h13-14,16H,3-12H2,1-2H3. The molecule has 3 atom stereocenters. The summed E-state index contributed by atoms with van der Waals surface area (Å²) in [7, 11) is 0. The van der Waals surface area contributed by atoms with Crippen LogP contribution in [-0.4, -0.2) is 25.1 Å². The summed E-state index contributed by atoms with van der Waals surface area (Å²) < 4.78 is 0. The molecule has 0 aliphatic heterocycles. The SMILES string of the molecule is CCCNCC1(CCCSC)CC2CCC1C2.